The van der Waals surface area contributed by atoms with E-state index in [1.807, 2.05) is 23.7 Å². The zero-order valence-corrected chi connectivity index (χ0v) is 9.96. The second kappa shape index (κ2) is 5.63. The molecule has 0 unspecified atom stereocenters. The van der Waals surface area contributed by atoms with Crippen LogP contribution in [0.4, 0.5) is 0 Å². The summed E-state index contributed by atoms with van der Waals surface area (Å²) in [4.78, 5) is 4.21. The van der Waals surface area contributed by atoms with Crippen LogP contribution in [0, 0.1) is 0 Å². The van der Waals surface area contributed by atoms with E-state index in [0.29, 0.717) is 0 Å². The maximum Gasteiger partial charge on any atom is 0.118 e. The van der Waals surface area contributed by atoms with Crippen molar-refractivity contribution >= 4 is 11.3 Å². The highest BCUT2D eigenvalue weighted by Crippen LogP contribution is 2.11. The molecule has 2 rings (SSSR count). The Morgan fingerprint density at radius 3 is 2.69 bits per heavy atom. The van der Waals surface area contributed by atoms with Gasteiger partial charge in [-0.25, -0.2) is 4.98 Å². The summed E-state index contributed by atoms with van der Waals surface area (Å²) >= 11 is 1.67. The number of thiazole rings is 1. The number of hydrogen-bond donors (Lipinski definition) is 1. The Bertz CT molecular complexity index is 411. The molecule has 3 nitrogen and oxygen atoms in total. The SMILES string of the molecule is COc1ccc(CNCc2nccs2)cc1. The predicted octanol–water partition coefficient (Wildman–Crippen LogP) is 2.44. The number of nitrogens with zero attached hydrogens (tertiary/aromatic N) is 1. The molecular formula is C12H14N2OS. The maximum atomic E-state index is 5.10. The van der Waals surface area contributed by atoms with Crippen molar-refractivity contribution in [3.05, 3.63) is 46.4 Å². The van der Waals surface area contributed by atoms with Gasteiger partial charge in [-0.2, -0.15) is 0 Å². The summed E-state index contributed by atoms with van der Waals surface area (Å²) in [6, 6.07) is 8.07. The Kier molecular flexibility index (Phi) is 3.91. The average molecular weight is 234 g/mol. The number of benzene rings is 1. The van der Waals surface area contributed by atoms with E-state index < -0.39 is 0 Å². The van der Waals surface area contributed by atoms with E-state index in [2.05, 4.69) is 22.4 Å². The van der Waals surface area contributed by atoms with E-state index in [0.717, 1.165) is 23.8 Å². The smallest absolute Gasteiger partial charge is 0.118 e. The summed E-state index contributed by atoms with van der Waals surface area (Å²) in [7, 11) is 1.68. The van der Waals surface area contributed by atoms with Crippen LogP contribution >= 0.6 is 11.3 Å². The van der Waals surface area contributed by atoms with Crippen molar-refractivity contribution in [1.82, 2.24) is 10.3 Å². The van der Waals surface area contributed by atoms with Crippen LogP contribution in [0.5, 0.6) is 5.75 Å². The molecule has 0 spiro atoms. The van der Waals surface area contributed by atoms with Crippen LogP contribution in [0.15, 0.2) is 35.8 Å². The highest BCUT2D eigenvalue weighted by Gasteiger charge is 1.96. The summed E-state index contributed by atoms with van der Waals surface area (Å²) < 4.78 is 5.10. The summed E-state index contributed by atoms with van der Waals surface area (Å²) in [5.74, 6) is 0.892. The minimum absolute atomic E-state index is 0.823. The standard InChI is InChI=1S/C12H14N2OS/c1-15-11-4-2-10(3-5-11)8-13-9-12-14-6-7-16-12/h2-7,13H,8-9H2,1H3. The Labute approximate surface area is 99.1 Å². The van der Waals surface area contributed by atoms with Gasteiger partial charge in [0.15, 0.2) is 0 Å². The first kappa shape index (κ1) is 11.1. The van der Waals surface area contributed by atoms with E-state index in [1.54, 1.807) is 18.4 Å². The summed E-state index contributed by atoms with van der Waals surface area (Å²) in [5, 5.41) is 6.46. The lowest BCUT2D eigenvalue weighted by Crippen LogP contribution is -2.12. The van der Waals surface area contributed by atoms with Crippen LogP contribution < -0.4 is 10.1 Å². The molecule has 0 amide bonds. The molecule has 16 heavy (non-hydrogen) atoms. The van der Waals surface area contributed by atoms with Crippen LogP contribution in [0.2, 0.25) is 0 Å². The fraction of sp³-hybridized carbons (Fsp3) is 0.250. The summed E-state index contributed by atoms with van der Waals surface area (Å²) in [6.45, 7) is 1.67. The number of rotatable bonds is 5. The lowest BCUT2D eigenvalue weighted by atomic mass is 10.2. The number of hydrogen-bond acceptors (Lipinski definition) is 4. The quantitative estimate of drug-likeness (QED) is 0.862. The summed E-state index contributed by atoms with van der Waals surface area (Å²) in [5.41, 5.74) is 1.25. The van der Waals surface area contributed by atoms with Crippen molar-refractivity contribution in [2.45, 2.75) is 13.1 Å². The van der Waals surface area contributed by atoms with Gasteiger partial charge in [0.1, 0.15) is 10.8 Å². The first-order valence-corrected chi connectivity index (χ1v) is 5.98. The molecular weight excluding hydrogens is 220 g/mol. The highest BCUT2D eigenvalue weighted by molar-refractivity contribution is 7.09. The number of nitrogens with one attached hydrogen (secondary N) is 1. The van der Waals surface area contributed by atoms with E-state index in [4.69, 9.17) is 4.74 Å². The van der Waals surface area contributed by atoms with Gasteiger partial charge < -0.3 is 10.1 Å². The minimum atomic E-state index is 0.823. The summed E-state index contributed by atoms with van der Waals surface area (Å²) in [6.07, 6.45) is 1.83. The van der Waals surface area contributed by atoms with E-state index >= 15 is 0 Å². The van der Waals surface area contributed by atoms with E-state index in [1.165, 1.54) is 5.56 Å². The van der Waals surface area contributed by atoms with Crippen LogP contribution in [-0.4, -0.2) is 12.1 Å². The normalized spacial score (nSPS) is 10.3. The third-order valence-electron chi connectivity index (χ3n) is 2.25. The lowest BCUT2D eigenvalue weighted by molar-refractivity contribution is 0.414. The monoisotopic (exact) mass is 234 g/mol. The van der Waals surface area contributed by atoms with Gasteiger partial charge in [-0.3, -0.25) is 0 Å². The van der Waals surface area contributed by atoms with Gasteiger partial charge in [0, 0.05) is 24.7 Å². The van der Waals surface area contributed by atoms with Gasteiger partial charge in [-0.15, -0.1) is 11.3 Å². The zero-order chi connectivity index (χ0) is 11.2. The van der Waals surface area contributed by atoms with Crippen molar-refractivity contribution in [3.63, 3.8) is 0 Å². The minimum Gasteiger partial charge on any atom is -0.497 e. The molecule has 1 N–H and O–H groups in total. The zero-order valence-electron chi connectivity index (χ0n) is 9.14. The number of methoxy groups -OCH3 is 1. The Balaban J connectivity index is 1.81. The van der Waals surface area contributed by atoms with Crippen molar-refractivity contribution in [2.24, 2.45) is 0 Å². The van der Waals surface area contributed by atoms with Gasteiger partial charge >= 0.3 is 0 Å². The first-order valence-electron chi connectivity index (χ1n) is 5.10. The molecule has 0 saturated heterocycles. The molecule has 1 heterocycles. The lowest BCUT2D eigenvalue weighted by Gasteiger charge is -2.04. The van der Waals surface area contributed by atoms with Crippen molar-refractivity contribution in [1.29, 1.82) is 0 Å². The van der Waals surface area contributed by atoms with Gasteiger partial charge in [0.2, 0.25) is 0 Å². The maximum absolute atomic E-state index is 5.10. The number of aromatic nitrogens is 1. The second-order valence-electron chi connectivity index (χ2n) is 3.38. The predicted molar refractivity (Wildman–Crippen MR) is 65.7 cm³/mol. The Morgan fingerprint density at radius 2 is 2.06 bits per heavy atom. The molecule has 1 aromatic heterocycles. The molecule has 0 bridgehead atoms. The van der Waals surface area contributed by atoms with Gasteiger partial charge in [0.05, 0.1) is 7.11 Å². The fourth-order valence-electron chi connectivity index (χ4n) is 1.40. The van der Waals surface area contributed by atoms with Crippen molar-refractivity contribution in [3.8, 4) is 5.75 Å². The van der Waals surface area contributed by atoms with Crippen molar-refractivity contribution in [2.75, 3.05) is 7.11 Å². The Hall–Kier alpha value is -1.39. The van der Waals surface area contributed by atoms with Gasteiger partial charge in [-0.05, 0) is 17.7 Å². The molecule has 0 aliphatic carbocycles. The molecule has 0 radical (unpaired) electrons. The van der Waals surface area contributed by atoms with Crippen LogP contribution in [0.1, 0.15) is 10.6 Å². The van der Waals surface area contributed by atoms with E-state index in [9.17, 15) is 0 Å². The third-order valence-corrected chi connectivity index (χ3v) is 3.03. The molecule has 0 aliphatic rings. The topological polar surface area (TPSA) is 34.1 Å². The molecule has 2 aromatic rings. The van der Waals surface area contributed by atoms with E-state index in [-0.39, 0.29) is 0 Å². The first-order chi connectivity index (χ1) is 7.88. The molecule has 4 heteroatoms. The molecule has 0 fully saturated rings. The molecule has 84 valence electrons. The van der Waals surface area contributed by atoms with Crippen LogP contribution in [-0.2, 0) is 13.1 Å². The molecule has 0 atom stereocenters. The third kappa shape index (κ3) is 3.05. The average Bonchev–Trinajstić information content (AvgIpc) is 2.83. The van der Waals surface area contributed by atoms with Crippen molar-refractivity contribution < 1.29 is 4.74 Å². The number of ether oxygens (including phenoxy) is 1. The molecule has 1 aromatic carbocycles. The largest absolute Gasteiger partial charge is 0.497 e. The highest BCUT2D eigenvalue weighted by atomic mass is 32.1. The molecule has 0 saturated carbocycles. The van der Waals surface area contributed by atoms with Crippen LogP contribution in [0.3, 0.4) is 0 Å². The van der Waals surface area contributed by atoms with Crippen LogP contribution in [0.25, 0.3) is 0 Å². The van der Waals surface area contributed by atoms with Gasteiger partial charge in [-0.1, -0.05) is 12.1 Å². The van der Waals surface area contributed by atoms with Gasteiger partial charge in [0.25, 0.3) is 0 Å². The second-order valence-corrected chi connectivity index (χ2v) is 4.36. The molecule has 0 aliphatic heterocycles. The Morgan fingerprint density at radius 1 is 1.25 bits per heavy atom. The fourth-order valence-corrected chi connectivity index (χ4v) is 1.98.